The van der Waals surface area contributed by atoms with Gasteiger partial charge in [0.2, 0.25) is 0 Å². The first kappa shape index (κ1) is 14.1. The number of amides is 1. The van der Waals surface area contributed by atoms with Crippen molar-refractivity contribution >= 4 is 34.0 Å². The Balaban J connectivity index is 1.97. The van der Waals surface area contributed by atoms with Gasteiger partial charge in [0, 0.05) is 5.56 Å². The van der Waals surface area contributed by atoms with E-state index < -0.39 is 10.8 Å². The predicted molar refractivity (Wildman–Crippen MR) is 82.5 cm³/mol. The van der Waals surface area contributed by atoms with Crippen LogP contribution in [-0.2, 0) is 10.8 Å². The fraction of sp³-hybridized carbons (Fsp3) is 0.133. The molecule has 0 bridgehead atoms. The lowest BCUT2D eigenvalue weighted by atomic mass is 10.2. The van der Waals surface area contributed by atoms with Gasteiger partial charge >= 0.3 is 0 Å². The lowest BCUT2D eigenvalue weighted by molar-refractivity contribution is 0.0991. The molecule has 0 spiro atoms. The lowest BCUT2D eigenvalue weighted by Crippen LogP contribution is -2.29. The molecule has 0 N–H and O–H groups in total. The fourth-order valence-corrected chi connectivity index (χ4v) is 3.78. The first-order valence-electron chi connectivity index (χ1n) is 6.24. The molecule has 1 atom stereocenters. The van der Waals surface area contributed by atoms with Gasteiger partial charge in [-0.1, -0.05) is 23.7 Å². The minimum atomic E-state index is -1.19. The molecule has 0 saturated heterocycles. The first-order chi connectivity index (χ1) is 10.1. The van der Waals surface area contributed by atoms with Gasteiger partial charge in [-0.2, -0.15) is 0 Å². The molecule has 0 fully saturated rings. The summed E-state index contributed by atoms with van der Waals surface area (Å²) in [5.74, 6) is 0.457. The number of anilines is 1. The molecule has 0 radical (unpaired) electrons. The number of rotatable bonds is 2. The number of nitrogens with zero attached hydrogens (tertiary/aromatic N) is 1. The third kappa shape index (κ3) is 2.43. The summed E-state index contributed by atoms with van der Waals surface area (Å²) in [5.41, 5.74) is 1.13. The van der Waals surface area contributed by atoms with E-state index in [2.05, 4.69) is 0 Å². The summed E-state index contributed by atoms with van der Waals surface area (Å²) in [7, 11) is 0.330. The summed E-state index contributed by atoms with van der Waals surface area (Å²) in [5, 5.41) is 0.372. The Hall–Kier alpha value is -1.85. The Morgan fingerprint density at radius 3 is 2.76 bits per heavy atom. The van der Waals surface area contributed by atoms with Gasteiger partial charge in [-0.15, -0.1) is 0 Å². The van der Waals surface area contributed by atoms with Crippen molar-refractivity contribution in [2.45, 2.75) is 4.90 Å². The summed E-state index contributed by atoms with van der Waals surface area (Å²) < 4.78 is 17.1. The van der Waals surface area contributed by atoms with E-state index in [-0.39, 0.29) is 11.8 Å². The van der Waals surface area contributed by atoms with Crippen LogP contribution < -0.4 is 9.64 Å². The quantitative estimate of drug-likeness (QED) is 0.854. The number of benzene rings is 2. The molecule has 3 rings (SSSR count). The van der Waals surface area contributed by atoms with Crippen molar-refractivity contribution in [1.82, 2.24) is 0 Å². The molecule has 2 aromatic rings. The van der Waals surface area contributed by atoms with Crippen molar-refractivity contribution in [3.63, 3.8) is 0 Å². The van der Waals surface area contributed by atoms with Crippen LogP contribution in [0.5, 0.6) is 5.75 Å². The third-order valence-electron chi connectivity index (χ3n) is 3.29. The molecule has 1 amide bonds. The van der Waals surface area contributed by atoms with E-state index in [9.17, 15) is 9.00 Å². The minimum absolute atomic E-state index is 0.168. The molecule has 1 aliphatic rings. The number of carbonyl (C=O) groups is 1. The van der Waals surface area contributed by atoms with Gasteiger partial charge in [0.05, 0.1) is 33.5 Å². The molecule has 2 aromatic carbocycles. The highest BCUT2D eigenvalue weighted by molar-refractivity contribution is 7.85. The Bertz CT molecular complexity index is 747. The van der Waals surface area contributed by atoms with E-state index in [4.69, 9.17) is 16.3 Å². The van der Waals surface area contributed by atoms with E-state index in [1.54, 1.807) is 30.3 Å². The summed E-state index contributed by atoms with van der Waals surface area (Å²) in [6.07, 6.45) is 0. The number of carbonyl (C=O) groups excluding carboxylic acids is 1. The summed E-state index contributed by atoms with van der Waals surface area (Å²) in [6.45, 7) is 0. The summed E-state index contributed by atoms with van der Waals surface area (Å²) >= 11 is 6.05. The van der Waals surface area contributed by atoms with Crippen LogP contribution >= 0.6 is 11.6 Å². The number of methoxy groups -OCH3 is 1. The van der Waals surface area contributed by atoms with E-state index in [0.29, 0.717) is 26.9 Å². The minimum Gasteiger partial charge on any atom is -0.495 e. The second-order valence-electron chi connectivity index (χ2n) is 4.52. The molecule has 108 valence electrons. The van der Waals surface area contributed by atoms with Crippen molar-refractivity contribution in [1.29, 1.82) is 0 Å². The number of halogens is 1. The number of para-hydroxylation sites is 1. The third-order valence-corrected chi connectivity index (χ3v) is 4.92. The fourth-order valence-electron chi connectivity index (χ4n) is 2.25. The van der Waals surface area contributed by atoms with Crippen LogP contribution in [0.3, 0.4) is 0 Å². The molecule has 4 nitrogen and oxygen atoms in total. The monoisotopic (exact) mass is 321 g/mol. The summed E-state index contributed by atoms with van der Waals surface area (Å²) in [4.78, 5) is 14.8. The van der Waals surface area contributed by atoms with E-state index in [1.165, 1.54) is 12.0 Å². The standard InChI is InChI=1S/C15H12ClNO3S/c1-20-13-7-6-10(8-11(13)16)15(18)17-9-21(19)14-5-3-2-4-12(14)17/h2-8H,9H2,1H3. The zero-order valence-electron chi connectivity index (χ0n) is 11.2. The second kappa shape index (κ2) is 5.50. The number of fused-ring (bicyclic) bond motifs is 1. The molecule has 21 heavy (non-hydrogen) atoms. The van der Waals surface area contributed by atoms with Crippen LogP contribution in [0.4, 0.5) is 5.69 Å². The Morgan fingerprint density at radius 2 is 2.05 bits per heavy atom. The Kier molecular flexibility index (Phi) is 3.69. The summed E-state index contributed by atoms with van der Waals surface area (Å²) in [6, 6.07) is 12.1. The molecule has 0 aromatic heterocycles. The van der Waals surface area contributed by atoms with Crippen molar-refractivity contribution in [3.05, 3.63) is 53.1 Å². The maximum atomic E-state index is 12.6. The van der Waals surface area contributed by atoms with Crippen molar-refractivity contribution in [2.24, 2.45) is 0 Å². The van der Waals surface area contributed by atoms with Gasteiger partial charge in [0.15, 0.2) is 0 Å². The van der Waals surface area contributed by atoms with Gasteiger partial charge in [-0.05, 0) is 30.3 Å². The maximum absolute atomic E-state index is 12.6. The van der Waals surface area contributed by atoms with Crippen molar-refractivity contribution < 1.29 is 13.7 Å². The zero-order valence-corrected chi connectivity index (χ0v) is 12.8. The van der Waals surface area contributed by atoms with E-state index in [0.717, 1.165) is 0 Å². The van der Waals surface area contributed by atoms with Crippen LogP contribution in [0.1, 0.15) is 10.4 Å². The van der Waals surface area contributed by atoms with Crippen molar-refractivity contribution in [2.75, 3.05) is 17.9 Å². The molecule has 1 unspecified atom stereocenters. The molecular weight excluding hydrogens is 310 g/mol. The second-order valence-corrected chi connectivity index (χ2v) is 6.32. The van der Waals surface area contributed by atoms with Crippen LogP contribution in [0, 0.1) is 0 Å². The zero-order chi connectivity index (χ0) is 15.0. The van der Waals surface area contributed by atoms with E-state index >= 15 is 0 Å². The number of hydrogen-bond donors (Lipinski definition) is 0. The lowest BCUT2D eigenvalue weighted by Gasteiger charge is -2.16. The smallest absolute Gasteiger partial charge is 0.259 e. The highest BCUT2D eigenvalue weighted by atomic mass is 35.5. The normalized spacial score (nSPS) is 16.7. The Morgan fingerprint density at radius 1 is 1.29 bits per heavy atom. The molecule has 0 aliphatic carbocycles. The average Bonchev–Trinajstić information content (AvgIpc) is 2.84. The van der Waals surface area contributed by atoms with Gasteiger partial charge in [-0.25, -0.2) is 0 Å². The maximum Gasteiger partial charge on any atom is 0.259 e. The van der Waals surface area contributed by atoms with Gasteiger partial charge in [0.25, 0.3) is 5.91 Å². The van der Waals surface area contributed by atoms with Crippen LogP contribution in [-0.4, -0.2) is 23.1 Å². The topological polar surface area (TPSA) is 46.6 Å². The van der Waals surface area contributed by atoms with Gasteiger partial charge in [0.1, 0.15) is 11.6 Å². The van der Waals surface area contributed by atoms with Crippen LogP contribution in [0.2, 0.25) is 5.02 Å². The highest BCUT2D eigenvalue weighted by Crippen LogP contribution is 2.33. The van der Waals surface area contributed by atoms with E-state index in [1.807, 2.05) is 12.1 Å². The first-order valence-corrected chi connectivity index (χ1v) is 7.94. The van der Waals surface area contributed by atoms with Gasteiger partial charge < -0.3 is 4.74 Å². The van der Waals surface area contributed by atoms with Gasteiger partial charge in [-0.3, -0.25) is 13.9 Å². The highest BCUT2D eigenvalue weighted by Gasteiger charge is 2.30. The molecule has 1 heterocycles. The molecular formula is C15H12ClNO3S. The Labute approximate surface area is 129 Å². The molecule has 0 saturated carbocycles. The average molecular weight is 322 g/mol. The number of hydrogen-bond acceptors (Lipinski definition) is 3. The largest absolute Gasteiger partial charge is 0.495 e. The molecule has 6 heteroatoms. The molecule has 1 aliphatic heterocycles. The van der Waals surface area contributed by atoms with Crippen molar-refractivity contribution in [3.8, 4) is 5.75 Å². The number of ether oxygens (including phenoxy) is 1. The SMILES string of the molecule is COc1ccc(C(=O)N2CS(=O)c3ccccc32)cc1Cl. The van der Waals surface area contributed by atoms with Crippen LogP contribution in [0.15, 0.2) is 47.4 Å². The predicted octanol–water partition coefficient (Wildman–Crippen LogP) is 3.07. The van der Waals surface area contributed by atoms with Crippen LogP contribution in [0.25, 0.3) is 0 Å².